The van der Waals surface area contributed by atoms with Crippen LogP contribution in [0.4, 0.5) is 17.1 Å². The number of benzene rings is 1. The minimum Gasteiger partial charge on any atom is -0.387 e. The molecular formula is C16H17N4+. The second-order valence-electron chi connectivity index (χ2n) is 4.91. The number of fused-ring (bicyclic) bond motifs is 1. The number of pyridine rings is 1. The van der Waals surface area contributed by atoms with Crippen molar-refractivity contribution in [3.8, 4) is 0 Å². The van der Waals surface area contributed by atoms with Crippen LogP contribution in [0.5, 0.6) is 0 Å². The fourth-order valence-corrected chi connectivity index (χ4v) is 2.36. The molecule has 1 aliphatic heterocycles. The molecule has 0 spiro atoms. The smallest absolute Gasteiger partial charge is 0.263 e. The summed E-state index contributed by atoms with van der Waals surface area (Å²) in [5.74, 6) is 0. The third kappa shape index (κ3) is 1.90. The first-order chi connectivity index (χ1) is 9.60. The molecule has 2 aromatic rings. The van der Waals surface area contributed by atoms with E-state index in [0.717, 1.165) is 39.5 Å². The number of azo groups is 2. The van der Waals surface area contributed by atoms with Crippen molar-refractivity contribution in [2.45, 2.75) is 6.92 Å². The number of nitrogens with one attached hydrogen (secondary N) is 1. The lowest BCUT2D eigenvalue weighted by Gasteiger charge is -2.13. The van der Waals surface area contributed by atoms with Crippen molar-refractivity contribution in [3.63, 3.8) is 0 Å². The first-order valence-electron chi connectivity index (χ1n) is 6.53. The average Bonchev–Trinajstić information content (AvgIpc) is 2.46. The molecule has 4 nitrogen and oxygen atoms in total. The van der Waals surface area contributed by atoms with Gasteiger partial charge in [0.1, 0.15) is 0 Å². The number of rotatable bonds is 3. The second-order valence-corrected chi connectivity index (χ2v) is 4.91. The number of aryl methyl sites for hydroxylation is 1. The maximum Gasteiger partial charge on any atom is 0.263 e. The van der Waals surface area contributed by atoms with E-state index in [4.69, 9.17) is 0 Å². The van der Waals surface area contributed by atoms with Crippen LogP contribution < -0.4 is 5.32 Å². The van der Waals surface area contributed by atoms with Crippen LogP contribution in [0.25, 0.3) is 5.57 Å². The zero-order valence-corrected chi connectivity index (χ0v) is 11.9. The molecule has 0 atom stereocenters. The van der Waals surface area contributed by atoms with Crippen molar-refractivity contribution in [1.82, 2.24) is 4.98 Å². The summed E-state index contributed by atoms with van der Waals surface area (Å²) in [7, 11) is 3.84. The molecule has 3 rings (SSSR count). The van der Waals surface area contributed by atoms with Crippen LogP contribution in [0.15, 0.2) is 42.2 Å². The molecular weight excluding hydrogens is 248 g/mol. The average molecular weight is 265 g/mol. The Morgan fingerprint density at radius 2 is 2.10 bits per heavy atom. The fraction of sp³-hybridized carbons (Fsp3) is 0.188. The maximum absolute atomic E-state index is 4.41. The molecule has 1 aromatic heterocycles. The van der Waals surface area contributed by atoms with E-state index in [1.807, 2.05) is 38.0 Å². The highest BCUT2D eigenvalue weighted by atomic mass is 15.3. The molecule has 0 amide bonds. The molecule has 1 N–H and O–H groups in total. The second kappa shape index (κ2) is 4.56. The minimum atomic E-state index is 0.981. The Bertz CT molecular complexity index is 744. The molecule has 20 heavy (non-hydrogen) atoms. The molecule has 1 aliphatic rings. The van der Waals surface area contributed by atoms with Crippen molar-refractivity contribution in [1.29, 1.82) is 0 Å². The molecule has 0 aliphatic carbocycles. The number of nitrogens with zero attached hydrogens (tertiary/aromatic N) is 3. The molecule has 0 fully saturated rings. The van der Waals surface area contributed by atoms with Crippen LogP contribution >= 0.6 is 0 Å². The molecule has 0 saturated carbocycles. The van der Waals surface area contributed by atoms with Crippen LogP contribution in [0.1, 0.15) is 16.8 Å². The molecule has 100 valence electrons. The van der Waals surface area contributed by atoms with Gasteiger partial charge in [-0.1, -0.05) is 17.3 Å². The summed E-state index contributed by atoms with van der Waals surface area (Å²) in [6.45, 7) is 6.24. The summed E-state index contributed by atoms with van der Waals surface area (Å²) in [4.78, 5) is 4.41. The fourth-order valence-electron chi connectivity index (χ4n) is 2.36. The Morgan fingerprint density at radius 1 is 1.30 bits per heavy atom. The summed E-state index contributed by atoms with van der Waals surface area (Å²) in [5, 5.41) is 7.40. The Morgan fingerprint density at radius 3 is 2.80 bits per heavy atom. The van der Waals surface area contributed by atoms with Crippen LogP contribution in [0, 0.1) is 6.92 Å². The number of hydrogen-bond donors (Lipinski definition) is 1. The van der Waals surface area contributed by atoms with E-state index in [2.05, 4.69) is 40.2 Å². The standard InChI is InChI=1S/C16H17N4/c1-10(14-8-13(17-3)9-18-11(14)2)12-5-6-15-16(7-12)20(4)19-15/h5-9,17H,1H2,2-4H3/q+1. The van der Waals surface area contributed by atoms with Crippen LogP contribution in [0.2, 0.25) is 0 Å². The van der Waals surface area contributed by atoms with Gasteiger partial charge in [-0.05, 0) is 30.2 Å². The molecule has 0 saturated heterocycles. The van der Waals surface area contributed by atoms with Gasteiger partial charge in [-0.15, -0.1) is 0 Å². The maximum atomic E-state index is 4.41. The van der Waals surface area contributed by atoms with Gasteiger partial charge in [-0.2, -0.15) is 0 Å². The largest absolute Gasteiger partial charge is 0.387 e. The molecule has 0 bridgehead atoms. The van der Waals surface area contributed by atoms with Crippen molar-refractivity contribution < 1.29 is 4.70 Å². The normalized spacial score (nSPS) is 12.2. The lowest BCUT2D eigenvalue weighted by molar-refractivity contribution is -0.494. The van der Waals surface area contributed by atoms with Gasteiger partial charge >= 0.3 is 0 Å². The van der Waals surface area contributed by atoms with Gasteiger partial charge in [0, 0.05) is 29.5 Å². The van der Waals surface area contributed by atoms with E-state index in [0.29, 0.717) is 0 Å². The highest BCUT2D eigenvalue weighted by Gasteiger charge is 2.25. The zero-order valence-electron chi connectivity index (χ0n) is 11.9. The lowest BCUT2D eigenvalue weighted by atomic mass is 9.97. The monoisotopic (exact) mass is 265 g/mol. The van der Waals surface area contributed by atoms with Gasteiger partial charge < -0.3 is 5.32 Å². The topological polar surface area (TPSA) is 40.3 Å². The van der Waals surface area contributed by atoms with Gasteiger partial charge in [0.25, 0.3) is 5.69 Å². The van der Waals surface area contributed by atoms with E-state index in [9.17, 15) is 0 Å². The van der Waals surface area contributed by atoms with Crippen LogP contribution in [-0.2, 0) is 0 Å². The van der Waals surface area contributed by atoms with E-state index < -0.39 is 0 Å². The Labute approximate surface area is 118 Å². The van der Waals surface area contributed by atoms with Gasteiger partial charge in [0.2, 0.25) is 5.69 Å². The summed E-state index contributed by atoms with van der Waals surface area (Å²) in [6.07, 6.45) is 1.83. The number of aromatic nitrogens is 1. The van der Waals surface area contributed by atoms with Crippen LogP contribution in [-0.4, -0.2) is 23.8 Å². The van der Waals surface area contributed by atoms with Crippen molar-refractivity contribution in [3.05, 3.63) is 53.9 Å². The quantitative estimate of drug-likeness (QED) is 0.856. The Hall–Kier alpha value is -2.49. The van der Waals surface area contributed by atoms with Crippen molar-refractivity contribution in [2.24, 2.45) is 5.11 Å². The van der Waals surface area contributed by atoms with Crippen LogP contribution in [0.3, 0.4) is 0 Å². The molecule has 2 heterocycles. The van der Waals surface area contributed by atoms with Crippen molar-refractivity contribution >= 4 is 22.6 Å². The van der Waals surface area contributed by atoms with E-state index >= 15 is 0 Å². The van der Waals surface area contributed by atoms with Gasteiger partial charge in [-0.3, -0.25) is 4.98 Å². The zero-order chi connectivity index (χ0) is 14.3. The third-order valence-electron chi connectivity index (χ3n) is 3.63. The van der Waals surface area contributed by atoms with Gasteiger partial charge in [0.15, 0.2) is 7.05 Å². The van der Waals surface area contributed by atoms with E-state index in [1.165, 1.54) is 0 Å². The van der Waals surface area contributed by atoms with E-state index in [1.54, 1.807) is 0 Å². The minimum absolute atomic E-state index is 0.981. The highest BCUT2D eigenvalue weighted by molar-refractivity contribution is 5.82. The molecule has 0 unspecified atom stereocenters. The summed E-state index contributed by atoms with van der Waals surface area (Å²) >= 11 is 0. The molecule has 4 heteroatoms. The van der Waals surface area contributed by atoms with Gasteiger partial charge in [-0.25, -0.2) is 0 Å². The first-order valence-corrected chi connectivity index (χ1v) is 6.53. The number of anilines is 1. The Balaban J connectivity index is 2.01. The molecule has 0 radical (unpaired) electrons. The SMILES string of the molecule is C=C(c1ccc2c(c1)[N+](C)=N2)c1cc(NC)cnc1C. The van der Waals surface area contributed by atoms with E-state index in [-0.39, 0.29) is 0 Å². The third-order valence-corrected chi connectivity index (χ3v) is 3.63. The molecule has 1 aromatic carbocycles. The first kappa shape index (κ1) is 12.5. The predicted molar refractivity (Wildman–Crippen MR) is 81.0 cm³/mol. The summed E-state index contributed by atoms with van der Waals surface area (Å²) in [6, 6.07) is 8.29. The summed E-state index contributed by atoms with van der Waals surface area (Å²) in [5.41, 5.74) is 7.29. The Kier molecular flexibility index (Phi) is 2.86. The lowest BCUT2D eigenvalue weighted by Crippen LogP contribution is -2.03. The summed E-state index contributed by atoms with van der Waals surface area (Å²) < 4.78 is 1.88. The predicted octanol–water partition coefficient (Wildman–Crippen LogP) is 3.86. The number of hydrogen-bond acceptors (Lipinski definition) is 3. The van der Waals surface area contributed by atoms with Crippen molar-refractivity contribution in [2.75, 3.05) is 19.4 Å². The highest BCUT2D eigenvalue weighted by Crippen LogP contribution is 2.38. The van der Waals surface area contributed by atoms with Gasteiger partial charge in [0.05, 0.1) is 11.9 Å².